The lowest BCUT2D eigenvalue weighted by molar-refractivity contribution is 0.337. The highest BCUT2D eigenvalue weighted by molar-refractivity contribution is 5.48. The number of rotatable bonds is 3. The van der Waals surface area contributed by atoms with E-state index >= 15 is 0 Å². The fraction of sp³-hybridized carbons (Fsp3) is 0.643. The predicted molar refractivity (Wildman–Crippen MR) is 69.0 cm³/mol. The molecule has 18 heavy (non-hydrogen) atoms. The lowest BCUT2D eigenvalue weighted by Gasteiger charge is -2.27. The van der Waals surface area contributed by atoms with Gasteiger partial charge in [-0.2, -0.15) is 5.26 Å². The zero-order valence-electron chi connectivity index (χ0n) is 10.7. The maximum absolute atomic E-state index is 9.05. The first-order chi connectivity index (χ1) is 8.78. The predicted octanol–water partition coefficient (Wildman–Crippen LogP) is 2.22. The molecule has 1 aromatic heterocycles. The molecule has 2 bridgehead atoms. The van der Waals surface area contributed by atoms with Crippen LogP contribution in [0.1, 0.15) is 31.4 Å². The Hall–Kier alpha value is -1.63. The molecule has 0 amide bonds. The summed E-state index contributed by atoms with van der Waals surface area (Å²) in [6, 6.07) is 2.12. The van der Waals surface area contributed by atoms with Gasteiger partial charge in [-0.05, 0) is 37.0 Å². The molecule has 2 saturated carbocycles. The van der Waals surface area contributed by atoms with Gasteiger partial charge in [-0.25, -0.2) is 9.97 Å². The third-order valence-corrected chi connectivity index (χ3v) is 4.54. The second-order valence-corrected chi connectivity index (χ2v) is 5.66. The summed E-state index contributed by atoms with van der Waals surface area (Å²) >= 11 is 0. The van der Waals surface area contributed by atoms with E-state index in [9.17, 15) is 0 Å². The Bertz CT molecular complexity index is 479. The van der Waals surface area contributed by atoms with Crippen LogP contribution in [0.4, 0.5) is 5.82 Å². The second-order valence-electron chi connectivity index (χ2n) is 5.66. The molecular weight excluding hydrogens is 224 g/mol. The van der Waals surface area contributed by atoms with Crippen molar-refractivity contribution in [1.82, 2.24) is 9.97 Å². The van der Waals surface area contributed by atoms with Gasteiger partial charge in [0.1, 0.15) is 6.07 Å². The molecule has 0 spiro atoms. The van der Waals surface area contributed by atoms with Crippen molar-refractivity contribution in [2.24, 2.45) is 17.8 Å². The summed E-state index contributed by atoms with van der Waals surface area (Å²) in [6.07, 6.45) is 8.84. The van der Waals surface area contributed by atoms with Crippen LogP contribution in [0, 0.1) is 29.1 Å². The highest BCUT2D eigenvalue weighted by Crippen LogP contribution is 2.48. The Morgan fingerprint density at radius 2 is 2.17 bits per heavy atom. The molecule has 0 aliphatic heterocycles. The standard InChI is InChI=1S/C14H18N4/c1-18(14-13(8-15)16-4-5-17-14)9-12-7-10-2-3-11(12)6-10/h4-5,10-12H,2-3,6-7,9H2,1H3. The van der Waals surface area contributed by atoms with Crippen LogP contribution in [0.15, 0.2) is 12.4 Å². The molecule has 4 heteroatoms. The zero-order valence-corrected chi connectivity index (χ0v) is 10.7. The average Bonchev–Trinajstić information content (AvgIpc) is 3.01. The Morgan fingerprint density at radius 1 is 1.33 bits per heavy atom. The number of aromatic nitrogens is 2. The highest BCUT2D eigenvalue weighted by atomic mass is 15.2. The smallest absolute Gasteiger partial charge is 0.183 e. The maximum atomic E-state index is 9.05. The van der Waals surface area contributed by atoms with Crippen LogP contribution in [0.2, 0.25) is 0 Å². The first-order valence-corrected chi connectivity index (χ1v) is 6.70. The maximum Gasteiger partial charge on any atom is 0.183 e. The number of nitrogens with zero attached hydrogens (tertiary/aromatic N) is 4. The van der Waals surface area contributed by atoms with Gasteiger partial charge in [0.2, 0.25) is 0 Å². The fourth-order valence-corrected chi connectivity index (χ4v) is 3.73. The van der Waals surface area contributed by atoms with Gasteiger partial charge in [0.05, 0.1) is 0 Å². The summed E-state index contributed by atoms with van der Waals surface area (Å²) in [4.78, 5) is 10.5. The monoisotopic (exact) mass is 242 g/mol. The first-order valence-electron chi connectivity index (χ1n) is 6.70. The number of anilines is 1. The summed E-state index contributed by atoms with van der Waals surface area (Å²) in [5.41, 5.74) is 0.433. The first kappa shape index (κ1) is 11.5. The molecule has 1 aromatic rings. The molecule has 0 N–H and O–H groups in total. The number of fused-ring (bicyclic) bond motifs is 2. The molecule has 2 aliphatic rings. The van der Waals surface area contributed by atoms with E-state index in [0.717, 1.165) is 30.1 Å². The summed E-state index contributed by atoms with van der Waals surface area (Å²) in [6.45, 7) is 1.01. The Morgan fingerprint density at radius 3 is 2.83 bits per heavy atom. The minimum absolute atomic E-state index is 0.433. The summed E-state index contributed by atoms with van der Waals surface area (Å²) < 4.78 is 0. The quantitative estimate of drug-likeness (QED) is 0.815. The topological polar surface area (TPSA) is 52.8 Å². The lowest BCUT2D eigenvalue weighted by atomic mass is 9.88. The van der Waals surface area contributed by atoms with E-state index in [2.05, 4.69) is 20.9 Å². The van der Waals surface area contributed by atoms with E-state index in [-0.39, 0.29) is 0 Å². The third-order valence-electron chi connectivity index (χ3n) is 4.54. The molecule has 2 aliphatic carbocycles. The second kappa shape index (κ2) is 4.56. The van der Waals surface area contributed by atoms with Crippen molar-refractivity contribution >= 4 is 5.82 Å². The minimum Gasteiger partial charge on any atom is -0.357 e. The van der Waals surface area contributed by atoms with Crippen molar-refractivity contribution in [2.75, 3.05) is 18.5 Å². The summed E-state index contributed by atoms with van der Waals surface area (Å²) in [5, 5.41) is 9.05. The molecule has 3 rings (SSSR count). The Labute approximate surface area is 108 Å². The van der Waals surface area contributed by atoms with Crippen molar-refractivity contribution in [3.8, 4) is 6.07 Å². The Kier molecular flexibility index (Phi) is 2.91. The van der Waals surface area contributed by atoms with Gasteiger partial charge in [0.25, 0.3) is 0 Å². The molecule has 2 fully saturated rings. The van der Waals surface area contributed by atoms with E-state index in [4.69, 9.17) is 5.26 Å². The number of hydrogen-bond acceptors (Lipinski definition) is 4. The van der Waals surface area contributed by atoms with E-state index in [1.807, 2.05) is 7.05 Å². The fourth-order valence-electron chi connectivity index (χ4n) is 3.73. The molecule has 4 nitrogen and oxygen atoms in total. The van der Waals surface area contributed by atoms with Crippen LogP contribution in [-0.2, 0) is 0 Å². The molecule has 94 valence electrons. The van der Waals surface area contributed by atoms with Crippen LogP contribution in [-0.4, -0.2) is 23.6 Å². The van der Waals surface area contributed by atoms with E-state index in [1.54, 1.807) is 12.4 Å². The number of hydrogen-bond donors (Lipinski definition) is 0. The van der Waals surface area contributed by atoms with Crippen molar-refractivity contribution in [1.29, 1.82) is 5.26 Å². The van der Waals surface area contributed by atoms with Crippen LogP contribution in [0.25, 0.3) is 0 Å². The van der Waals surface area contributed by atoms with Crippen LogP contribution >= 0.6 is 0 Å². The summed E-state index contributed by atoms with van der Waals surface area (Å²) in [5.74, 6) is 3.37. The van der Waals surface area contributed by atoms with Gasteiger partial charge >= 0.3 is 0 Å². The SMILES string of the molecule is CN(CC1CC2CCC1C2)c1nccnc1C#N. The molecule has 0 aromatic carbocycles. The van der Waals surface area contributed by atoms with Crippen LogP contribution in [0.3, 0.4) is 0 Å². The van der Waals surface area contributed by atoms with Crippen LogP contribution < -0.4 is 4.90 Å². The van der Waals surface area contributed by atoms with Crippen molar-refractivity contribution in [2.45, 2.75) is 25.7 Å². The summed E-state index contributed by atoms with van der Waals surface area (Å²) in [7, 11) is 2.02. The molecule has 3 unspecified atom stereocenters. The zero-order chi connectivity index (χ0) is 12.5. The lowest BCUT2D eigenvalue weighted by Crippen LogP contribution is -2.29. The highest BCUT2D eigenvalue weighted by Gasteiger charge is 2.39. The normalized spacial score (nSPS) is 29.2. The third kappa shape index (κ3) is 1.94. The molecular formula is C14H18N4. The van der Waals surface area contributed by atoms with E-state index in [1.165, 1.54) is 25.7 Å². The molecule has 0 saturated heterocycles. The van der Waals surface area contributed by atoms with Crippen molar-refractivity contribution in [3.63, 3.8) is 0 Å². The van der Waals surface area contributed by atoms with Gasteiger partial charge in [-0.15, -0.1) is 0 Å². The van der Waals surface area contributed by atoms with Crippen LogP contribution in [0.5, 0.6) is 0 Å². The van der Waals surface area contributed by atoms with E-state index in [0.29, 0.717) is 5.69 Å². The molecule has 0 radical (unpaired) electrons. The van der Waals surface area contributed by atoms with Gasteiger partial charge in [-0.1, -0.05) is 6.42 Å². The number of nitriles is 1. The van der Waals surface area contributed by atoms with Gasteiger partial charge in [0, 0.05) is 26.0 Å². The largest absolute Gasteiger partial charge is 0.357 e. The molecule has 1 heterocycles. The van der Waals surface area contributed by atoms with Gasteiger partial charge in [0.15, 0.2) is 11.5 Å². The van der Waals surface area contributed by atoms with Gasteiger partial charge in [-0.3, -0.25) is 0 Å². The van der Waals surface area contributed by atoms with Crippen molar-refractivity contribution in [3.05, 3.63) is 18.1 Å². The van der Waals surface area contributed by atoms with Gasteiger partial charge < -0.3 is 4.90 Å². The minimum atomic E-state index is 0.433. The van der Waals surface area contributed by atoms with Crippen molar-refractivity contribution < 1.29 is 0 Å². The molecule has 3 atom stereocenters. The average molecular weight is 242 g/mol. The van der Waals surface area contributed by atoms with E-state index < -0.39 is 0 Å². The Balaban J connectivity index is 1.71.